The average Bonchev–Trinajstić information content (AvgIpc) is 2.91. The minimum atomic E-state index is -0.770. The molecule has 1 amide bonds. The van der Waals surface area contributed by atoms with Gasteiger partial charge in [0, 0.05) is 6.07 Å². The Balaban J connectivity index is 2.51. The van der Waals surface area contributed by atoms with Crippen molar-refractivity contribution < 1.29 is 19.1 Å². The van der Waals surface area contributed by atoms with Gasteiger partial charge >= 0.3 is 5.97 Å². The van der Waals surface area contributed by atoms with Crippen LogP contribution in [0.15, 0.2) is 30.5 Å². The maximum absolute atomic E-state index is 11.7. The predicted octanol–water partition coefficient (Wildman–Crippen LogP) is 1.54. The number of methoxy groups -OCH3 is 1. The fraction of sp³-hybridized carbons (Fsp3) is 0.267. The number of carbonyl (C=O) groups is 2. The van der Waals surface area contributed by atoms with Crippen molar-refractivity contribution in [2.75, 3.05) is 7.11 Å². The third-order valence-corrected chi connectivity index (χ3v) is 2.84. The normalized spacial score (nSPS) is 10.5. The average molecular weight is 303 g/mol. The van der Waals surface area contributed by atoms with Gasteiger partial charge in [0.1, 0.15) is 17.0 Å². The van der Waals surface area contributed by atoms with Crippen molar-refractivity contribution in [3.63, 3.8) is 0 Å². The highest BCUT2D eigenvalue weighted by atomic mass is 16.5. The molecule has 1 aromatic heterocycles. The predicted molar refractivity (Wildman–Crippen MR) is 79.2 cm³/mol. The molecule has 22 heavy (non-hydrogen) atoms. The zero-order valence-electron chi connectivity index (χ0n) is 12.6. The van der Waals surface area contributed by atoms with Crippen molar-refractivity contribution >= 4 is 11.9 Å². The lowest BCUT2D eigenvalue weighted by atomic mass is 10.2. The highest BCUT2D eigenvalue weighted by molar-refractivity contribution is 6.03. The molecule has 0 spiro atoms. The van der Waals surface area contributed by atoms with Crippen molar-refractivity contribution in [3.05, 3.63) is 41.7 Å². The summed E-state index contributed by atoms with van der Waals surface area (Å²) in [7, 11) is 1.22. The summed E-state index contributed by atoms with van der Waals surface area (Å²) in [5.74, 6) is -0.819. The molecule has 0 aliphatic heterocycles. The number of primary amides is 1. The van der Waals surface area contributed by atoms with Crippen molar-refractivity contribution in [1.29, 1.82) is 0 Å². The van der Waals surface area contributed by atoms with Crippen LogP contribution >= 0.6 is 0 Å². The Kier molecular flexibility index (Phi) is 4.45. The number of amides is 1. The summed E-state index contributed by atoms with van der Waals surface area (Å²) < 4.78 is 11.5. The lowest BCUT2D eigenvalue weighted by molar-refractivity contribution is 0.0597. The Bertz CT molecular complexity index is 707. The van der Waals surface area contributed by atoms with Crippen LogP contribution in [0.3, 0.4) is 0 Å². The van der Waals surface area contributed by atoms with E-state index in [1.165, 1.54) is 18.0 Å². The van der Waals surface area contributed by atoms with Crippen molar-refractivity contribution in [3.8, 4) is 11.4 Å². The number of ether oxygens (including phenoxy) is 2. The first-order chi connectivity index (χ1) is 10.4. The van der Waals surface area contributed by atoms with Crippen LogP contribution in [0.5, 0.6) is 5.75 Å². The van der Waals surface area contributed by atoms with Crippen LogP contribution in [0.4, 0.5) is 0 Å². The molecule has 1 aromatic carbocycles. The number of nitrogens with zero attached hydrogens (tertiary/aromatic N) is 2. The van der Waals surface area contributed by atoms with E-state index in [4.69, 9.17) is 10.5 Å². The summed E-state index contributed by atoms with van der Waals surface area (Å²) in [5.41, 5.74) is 5.91. The SMILES string of the molecule is COC(=O)c1cnn(-c2cccc(OC(C)C)c2)c1C(N)=O. The number of benzene rings is 1. The molecule has 0 unspecified atom stereocenters. The molecule has 2 N–H and O–H groups in total. The van der Waals surface area contributed by atoms with E-state index in [1.807, 2.05) is 13.8 Å². The lowest BCUT2D eigenvalue weighted by Gasteiger charge is -2.12. The summed E-state index contributed by atoms with van der Waals surface area (Å²) in [6.45, 7) is 3.82. The fourth-order valence-corrected chi connectivity index (χ4v) is 2.00. The summed E-state index contributed by atoms with van der Waals surface area (Å²) in [4.78, 5) is 23.4. The van der Waals surface area contributed by atoms with Crippen LogP contribution in [-0.2, 0) is 4.74 Å². The minimum absolute atomic E-state index is 0.00844. The molecule has 0 aliphatic rings. The minimum Gasteiger partial charge on any atom is -0.491 e. The first-order valence-electron chi connectivity index (χ1n) is 6.67. The highest BCUT2D eigenvalue weighted by Crippen LogP contribution is 2.21. The Hall–Kier alpha value is -2.83. The van der Waals surface area contributed by atoms with Crippen LogP contribution in [0.25, 0.3) is 5.69 Å². The second-order valence-corrected chi connectivity index (χ2v) is 4.84. The van der Waals surface area contributed by atoms with Crippen molar-refractivity contribution in [2.45, 2.75) is 20.0 Å². The molecule has 0 aliphatic carbocycles. The number of aromatic nitrogens is 2. The van der Waals surface area contributed by atoms with Crippen LogP contribution in [0.1, 0.15) is 34.7 Å². The quantitative estimate of drug-likeness (QED) is 0.845. The van der Waals surface area contributed by atoms with Gasteiger partial charge in [-0.15, -0.1) is 0 Å². The third-order valence-electron chi connectivity index (χ3n) is 2.84. The van der Waals surface area contributed by atoms with Gasteiger partial charge in [-0.3, -0.25) is 4.79 Å². The van der Waals surface area contributed by atoms with Gasteiger partial charge in [0.05, 0.1) is 25.1 Å². The van der Waals surface area contributed by atoms with E-state index >= 15 is 0 Å². The molecule has 0 radical (unpaired) electrons. The molecule has 1 heterocycles. The van der Waals surface area contributed by atoms with Crippen LogP contribution in [0, 0.1) is 0 Å². The van der Waals surface area contributed by atoms with Gasteiger partial charge in [-0.1, -0.05) is 6.07 Å². The molecular weight excluding hydrogens is 286 g/mol. The standard InChI is InChI=1S/C15H17N3O4/c1-9(2)22-11-6-4-5-10(7-11)18-13(14(16)19)12(8-17-18)15(20)21-3/h4-9H,1-3H3,(H2,16,19). The van der Waals surface area contributed by atoms with E-state index in [1.54, 1.807) is 24.3 Å². The molecule has 116 valence electrons. The van der Waals surface area contributed by atoms with Gasteiger partial charge < -0.3 is 15.2 Å². The van der Waals surface area contributed by atoms with E-state index in [0.717, 1.165) is 0 Å². The molecule has 2 aromatic rings. The molecular formula is C15H17N3O4. The second-order valence-electron chi connectivity index (χ2n) is 4.84. The molecule has 2 rings (SSSR count). The number of carbonyl (C=O) groups excluding carboxylic acids is 2. The van der Waals surface area contributed by atoms with Gasteiger partial charge in [0.2, 0.25) is 0 Å². The fourth-order valence-electron chi connectivity index (χ4n) is 2.00. The van der Waals surface area contributed by atoms with Crippen molar-refractivity contribution in [2.24, 2.45) is 5.73 Å². The zero-order chi connectivity index (χ0) is 16.3. The smallest absolute Gasteiger partial charge is 0.341 e. The summed E-state index contributed by atoms with van der Waals surface area (Å²) in [5, 5.41) is 4.06. The van der Waals surface area contributed by atoms with E-state index in [0.29, 0.717) is 11.4 Å². The van der Waals surface area contributed by atoms with Gasteiger partial charge in [0.25, 0.3) is 5.91 Å². The maximum Gasteiger partial charge on any atom is 0.341 e. The Morgan fingerprint density at radius 2 is 2.05 bits per heavy atom. The van der Waals surface area contributed by atoms with Gasteiger partial charge in [-0.05, 0) is 26.0 Å². The van der Waals surface area contributed by atoms with Gasteiger partial charge in [0.15, 0.2) is 0 Å². The first kappa shape index (κ1) is 15.6. The summed E-state index contributed by atoms with van der Waals surface area (Å²) in [6, 6.07) is 6.99. The second kappa shape index (κ2) is 6.30. The maximum atomic E-state index is 11.7. The molecule has 0 saturated heterocycles. The molecule has 0 fully saturated rings. The monoisotopic (exact) mass is 303 g/mol. The molecule has 0 saturated carbocycles. The molecule has 0 bridgehead atoms. The Labute approximate surface area is 127 Å². The topological polar surface area (TPSA) is 96.4 Å². The largest absolute Gasteiger partial charge is 0.491 e. The van der Waals surface area contributed by atoms with Crippen LogP contribution in [-0.4, -0.2) is 34.9 Å². The number of rotatable bonds is 5. The van der Waals surface area contributed by atoms with E-state index in [2.05, 4.69) is 9.84 Å². The van der Waals surface area contributed by atoms with E-state index in [-0.39, 0.29) is 17.4 Å². The van der Waals surface area contributed by atoms with Crippen LogP contribution in [0.2, 0.25) is 0 Å². The number of esters is 1. The molecule has 0 atom stereocenters. The number of hydrogen-bond donors (Lipinski definition) is 1. The number of hydrogen-bond acceptors (Lipinski definition) is 5. The zero-order valence-corrected chi connectivity index (χ0v) is 12.6. The Morgan fingerprint density at radius 3 is 2.64 bits per heavy atom. The van der Waals surface area contributed by atoms with Crippen LogP contribution < -0.4 is 10.5 Å². The van der Waals surface area contributed by atoms with E-state index < -0.39 is 11.9 Å². The van der Waals surface area contributed by atoms with Gasteiger partial charge in [-0.2, -0.15) is 5.10 Å². The molecule has 7 heteroatoms. The van der Waals surface area contributed by atoms with Crippen molar-refractivity contribution in [1.82, 2.24) is 9.78 Å². The summed E-state index contributed by atoms with van der Waals surface area (Å²) in [6.07, 6.45) is 1.26. The third kappa shape index (κ3) is 3.08. The Morgan fingerprint density at radius 1 is 1.32 bits per heavy atom. The molecule has 7 nitrogen and oxygen atoms in total. The highest BCUT2D eigenvalue weighted by Gasteiger charge is 2.23. The van der Waals surface area contributed by atoms with Gasteiger partial charge in [-0.25, -0.2) is 9.48 Å². The first-order valence-corrected chi connectivity index (χ1v) is 6.67. The number of nitrogens with two attached hydrogens (primary N) is 1. The summed E-state index contributed by atoms with van der Waals surface area (Å²) >= 11 is 0. The lowest BCUT2D eigenvalue weighted by Crippen LogP contribution is -2.20. The van der Waals surface area contributed by atoms with E-state index in [9.17, 15) is 9.59 Å².